The first-order valence-corrected chi connectivity index (χ1v) is 22.5. The molecule has 6 aromatic rings. The molecule has 5 aromatic carbocycles. The number of alkyl halides is 1. The molecule has 0 bridgehead atoms. The predicted molar refractivity (Wildman–Crippen MR) is 242 cm³/mol. The van der Waals surface area contributed by atoms with Crippen LogP contribution in [0.5, 0.6) is 0 Å². The Morgan fingerprint density at radius 1 is 0.852 bits per heavy atom. The maximum absolute atomic E-state index is 14.1. The number of thioether (sulfide) groups is 1. The van der Waals surface area contributed by atoms with Crippen LogP contribution in [0.2, 0.25) is 0 Å². The van der Waals surface area contributed by atoms with Crippen molar-refractivity contribution >= 4 is 63.3 Å². The fourth-order valence-corrected chi connectivity index (χ4v) is 10.4. The van der Waals surface area contributed by atoms with E-state index in [0.29, 0.717) is 23.0 Å². The number of nitrogens with one attached hydrogen (secondary N) is 2. The first-order valence-electron chi connectivity index (χ1n) is 20.1. The largest absolute Gasteiger partial charge is 0.452 e. The Morgan fingerprint density at radius 2 is 1.38 bits per heavy atom. The number of thiazole rings is 1. The number of fused-ring (bicyclic) bond motifs is 1. The maximum Gasteiger partial charge on any atom is 0.316 e. The number of rotatable bonds is 16. The van der Waals surface area contributed by atoms with Crippen molar-refractivity contribution in [2.45, 2.75) is 36.4 Å². The molecular formula is C48H44ClN5O5S2. The van der Waals surface area contributed by atoms with E-state index in [1.807, 2.05) is 122 Å². The van der Waals surface area contributed by atoms with Crippen LogP contribution in [0.15, 0.2) is 162 Å². The summed E-state index contributed by atoms with van der Waals surface area (Å²) in [5.41, 5.74) is 2.88. The molecule has 2 saturated heterocycles. The monoisotopic (exact) mass is 869 g/mol. The number of ether oxygens (including phenoxy) is 1. The molecule has 0 saturated carbocycles. The molecule has 0 aliphatic carbocycles. The van der Waals surface area contributed by atoms with Crippen molar-refractivity contribution in [3.05, 3.63) is 191 Å². The number of esters is 1. The summed E-state index contributed by atoms with van der Waals surface area (Å²) in [6.45, 7) is 2.28. The number of aromatic nitrogens is 1. The first-order chi connectivity index (χ1) is 29.9. The van der Waals surface area contributed by atoms with E-state index in [1.165, 1.54) is 23.1 Å². The van der Waals surface area contributed by atoms with Crippen LogP contribution in [0.1, 0.15) is 53.0 Å². The number of benzene rings is 5. The van der Waals surface area contributed by atoms with Gasteiger partial charge in [0.15, 0.2) is 16.9 Å². The minimum atomic E-state index is -1.16. The standard InChI is InChI=1S/C48H44ClN5O5S2/c1-2-28-58-53-39(38-29-60-46(50-38)52-48(35-22-12-5-13-23-35,36-24-14-6-15-25-36)37-26-16-7-17-27-37)42(55)51-40-43(56)54-31-47(30-49,32-61-44(40)54)45(57)59-41(33-18-8-3-9-19-33)34-20-10-4-11-21-34/h3-27,29,40-41,44H,2,28,30-32H2,1H3,(H,50,52)(H,51,55)/t40?,44-,47?/m1/s1. The zero-order chi connectivity index (χ0) is 42.2. The fraction of sp³-hybridized carbons (Fsp3) is 0.229. The summed E-state index contributed by atoms with van der Waals surface area (Å²) in [7, 11) is 0. The third-order valence-electron chi connectivity index (χ3n) is 10.9. The van der Waals surface area contributed by atoms with Crippen molar-refractivity contribution in [2.75, 3.05) is 30.1 Å². The van der Waals surface area contributed by atoms with Crippen molar-refractivity contribution in [1.82, 2.24) is 15.2 Å². The number of amides is 2. The zero-order valence-corrected chi connectivity index (χ0v) is 35.7. The van der Waals surface area contributed by atoms with Crippen molar-refractivity contribution in [2.24, 2.45) is 10.6 Å². The lowest BCUT2D eigenvalue weighted by molar-refractivity contribution is -0.164. The number of oxime groups is 1. The first kappa shape index (κ1) is 41.8. The van der Waals surface area contributed by atoms with Gasteiger partial charge in [0, 0.05) is 23.6 Å². The number of hydrogen-bond donors (Lipinski definition) is 2. The lowest BCUT2D eigenvalue weighted by Crippen LogP contribution is -2.74. The van der Waals surface area contributed by atoms with Crippen LogP contribution in [0, 0.1) is 5.41 Å². The molecule has 10 nitrogen and oxygen atoms in total. The summed E-state index contributed by atoms with van der Waals surface area (Å²) < 4.78 is 6.24. The van der Waals surface area contributed by atoms with E-state index in [-0.39, 0.29) is 30.7 Å². The van der Waals surface area contributed by atoms with Gasteiger partial charge in [-0.2, -0.15) is 0 Å². The van der Waals surface area contributed by atoms with Gasteiger partial charge in [0.25, 0.3) is 5.91 Å². The number of nitrogens with zero attached hydrogens (tertiary/aromatic N) is 3. The number of carbonyl (C=O) groups excluding carboxylic acids is 3. The van der Waals surface area contributed by atoms with Gasteiger partial charge in [-0.1, -0.05) is 164 Å². The molecule has 2 aliphatic heterocycles. The van der Waals surface area contributed by atoms with Gasteiger partial charge < -0.3 is 25.1 Å². The van der Waals surface area contributed by atoms with Crippen LogP contribution < -0.4 is 10.6 Å². The van der Waals surface area contributed by atoms with Crippen LogP contribution in [0.4, 0.5) is 5.13 Å². The van der Waals surface area contributed by atoms with Gasteiger partial charge in [0.2, 0.25) is 5.91 Å². The number of hydrogen-bond acceptors (Lipinski definition) is 10. The van der Waals surface area contributed by atoms with Gasteiger partial charge >= 0.3 is 5.97 Å². The fourth-order valence-electron chi connectivity index (χ4n) is 7.70. The summed E-state index contributed by atoms with van der Waals surface area (Å²) in [4.78, 5) is 54.1. The Bertz CT molecular complexity index is 2330. The Morgan fingerprint density at radius 3 is 1.89 bits per heavy atom. The molecule has 2 unspecified atom stereocenters. The van der Waals surface area contributed by atoms with Crippen LogP contribution in [0.3, 0.4) is 0 Å². The normalized spacial score (nSPS) is 18.8. The Labute approximate surface area is 368 Å². The van der Waals surface area contributed by atoms with E-state index in [4.69, 9.17) is 26.2 Å². The van der Waals surface area contributed by atoms with Crippen LogP contribution in [-0.2, 0) is 29.5 Å². The second-order valence-electron chi connectivity index (χ2n) is 14.9. The summed E-state index contributed by atoms with van der Waals surface area (Å²) >= 11 is 9.29. The van der Waals surface area contributed by atoms with E-state index < -0.39 is 40.4 Å². The predicted octanol–water partition coefficient (Wildman–Crippen LogP) is 8.64. The summed E-state index contributed by atoms with van der Waals surface area (Å²) in [6.07, 6.45) is 0.0184. The van der Waals surface area contributed by atoms with E-state index in [2.05, 4.69) is 52.2 Å². The maximum atomic E-state index is 14.1. The van der Waals surface area contributed by atoms with Gasteiger partial charge in [-0.05, 0) is 34.2 Å². The Balaban J connectivity index is 1.01. The minimum Gasteiger partial charge on any atom is -0.452 e. The highest BCUT2D eigenvalue weighted by Crippen LogP contribution is 2.45. The van der Waals surface area contributed by atoms with Crippen LogP contribution in [-0.4, -0.2) is 69.6 Å². The van der Waals surface area contributed by atoms with Crippen molar-refractivity contribution < 1.29 is 24.0 Å². The molecule has 0 radical (unpaired) electrons. The summed E-state index contributed by atoms with van der Waals surface area (Å²) in [5.74, 6) is -1.18. The smallest absolute Gasteiger partial charge is 0.316 e. The zero-order valence-electron chi connectivity index (χ0n) is 33.4. The molecule has 13 heteroatoms. The summed E-state index contributed by atoms with van der Waals surface area (Å²) in [5, 5.41) is 12.8. The minimum absolute atomic E-state index is 0.0471. The average molecular weight is 870 g/mol. The molecule has 8 rings (SSSR count). The molecule has 3 atom stereocenters. The summed E-state index contributed by atoms with van der Waals surface area (Å²) in [6, 6.07) is 48.7. The second-order valence-corrected chi connectivity index (χ2v) is 17.2. The highest BCUT2D eigenvalue weighted by atomic mass is 35.5. The molecule has 2 N–H and O–H groups in total. The topological polar surface area (TPSA) is 122 Å². The third kappa shape index (κ3) is 8.53. The van der Waals surface area contributed by atoms with Gasteiger partial charge in [0.1, 0.15) is 34.7 Å². The molecule has 61 heavy (non-hydrogen) atoms. The SMILES string of the molecule is CCCON=C(C(=O)NC1C(=O)N2CC(CCl)(C(=O)OC(c3ccccc3)c3ccccc3)CS[C@H]12)c1csc(NC(c2ccccc2)(c2ccccc2)c2ccccc2)n1. The molecule has 0 spiro atoms. The quantitative estimate of drug-likeness (QED) is 0.0189. The van der Waals surface area contributed by atoms with Crippen molar-refractivity contribution in [1.29, 1.82) is 0 Å². The molecule has 310 valence electrons. The molecular weight excluding hydrogens is 826 g/mol. The van der Waals surface area contributed by atoms with Crippen LogP contribution in [0.25, 0.3) is 0 Å². The number of anilines is 1. The molecule has 2 aliphatic rings. The Hall–Kier alpha value is -5.95. The third-order valence-corrected chi connectivity index (χ3v) is 13.7. The number of β-lactam (4-membered cyclic amide) rings is 1. The van der Waals surface area contributed by atoms with Gasteiger partial charge in [0.05, 0.1) is 0 Å². The number of carbonyl (C=O) groups is 3. The lowest BCUT2D eigenvalue weighted by atomic mass is 9.77. The van der Waals surface area contributed by atoms with Crippen LogP contribution >= 0.6 is 34.7 Å². The van der Waals surface area contributed by atoms with Gasteiger partial charge in [-0.25, -0.2) is 4.98 Å². The average Bonchev–Trinajstić information content (AvgIpc) is 3.79. The molecule has 1 aromatic heterocycles. The van der Waals surface area contributed by atoms with E-state index in [1.54, 1.807) is 10.3 Å². The van der Waals surface area contributed by atoms with E-state index in [9.17, 15) is 14.4 Å². The van der Waals surface area contributed by atoms with Gasteiger partial charge in [-0.15, -0.1) is 34.7 Å². The molecule has 2 fully saturated rings. The highest BCUT2D eigenvalue weighted by Gasteiger charge is 2.58. The van der Waals surface area contributed by atoms with Gasteiger partial charge in [-0.3, -0.25) is 14.4 Å². The lowest BCUT2D eigenvalue weighted by Gasteiger charge is -2.53. The molecule has 2 amide bonds. The van der Waals surface area contributed by atoms with E-state index in [0.717, 1.165) is 27.8 Å². The highest BCUT2D eigenvalue weighted by molar-refractivity contribution is 8.00. The van der Waals surface area contributed by atoms with Crippen molar-refractivity contribution in [3.63, 3.8) is 0 Å². The van der Waals surface area contributed by atoms with E-state index >= 15 is 0 Å². The molecule has 3 heterocycles. The second kappa shape index (κ2) is 18.8. The number of halogens is 1. The van der Waals surface area contributed by atoms with Crippen molar-refractivity contribution in [3.8, 4) is 0 Å². The Kier molecular flexibility index (Phi) is 12.8.